The molecule has 0 unspecified atom stereocenters. The van der Waals surface area contributed by atoms with Crippen molar-refractivity contribution < 1.29 is 42.2 Å². The topological polar surface area (TPSA) is 26.3 Å². The van der Waals surface area contributed by atoms with Crippen molar-refractivity contribution in [1.29, 1.82) is 0 Å². The van der Waals surface area contributed by atoms with E-state index in [-0.39, 0.29) is 38.7 Å². The average molecular weight is 238 g/mol. The molecule has 0 saturated heterocycles. The number of hydrogen-bond acceptors (Lipinski definition) is 2. The van der Waals surface area contributed by atoms with Crippen molar-refractivity contribution in [2.75, 3.05) is 7.11 Å². The number of benzene rings is 1. The van der Waals surface area contributed by atoms with E-state index in [2.05, 4.69) is 10.8 Å². The maximum Gasteiger partial charge on any atom is 0.313 e. The molecule has 2 nitrogen and oxygen atoms in total. The Labute approximate surface area is 97.2 Å². The normalized spacial score (nSPS) is 8.50. The monoisotopic (exact) mass is 238 g/mol. The molecule has 0 aliphatic heterocycles. The van der Waals surface area contributed by atoms with Gasteiger partial charge in [0.25, 0.3) is 0 Å². The minimum Gasteiger partial charge on any atom is -0.467 e. The van der Waals surface area contributed by atoms with Gasteiger partial charge in [-0.15, -0.1) is 5.56 Å². The van der Waals surface area contributed by atoms with Gasteiger partial charge in [0.2, 0.25) is 0 Å². The predicted molar refractivity (Wildman–Crippen MR) is 41.4 cm³/mol. The van der Waals surface area contributed by atoms with Crippen molar-refractivity contribution in [3.8, 4) is 0 Å². The molecular formula is C9H9O2Y-. The van der Waals surface area contributed by atoms with Gasteiger partial charge < -0.3 is 4.74 Å². The molecule has 1 aromatic carbocycles. The molecule has 12 heavy (non-hydrogen) atoms. The third kappa shape index (κ3) is 2.69. The Morgan fingerprint density at radius 3 is 2.75 bits per heavy atom. The van der Waals surface area contributed by atoms with Gasteiger partial charge in [-0.05, 0) is 5.56 Å². The Kier molecular flexibility index (Phi) is 5.35. The average Bonchev–Trinajstić information content (AvgIpc) is 2.04. The molecule has 61 valence electrons. The summed E-state index contributed by atoms with van der Waals surface area (Å²) in [7, 11) is 1.37. The molecule has 0 fully saturated rings. The molecule has 0 bridgehead atoms. The van der Waals surface area contributed by atoms with E-state index in [4.69, 9.17) is 0 Å². The zero-order chi connectivity index (χ0) is 8.27. The molecular weight excluding hydrogens is 229 g/mol. The number of esters is 1. The Balaban J connectivity index is 0.00000121. The van der Waals surface area contributed by atoms with Crippen LogP contribution in [0.2, 0.25) is 0 Å². The molecule has 0 atom stereocenters. The van der Waals surface area contributed by atoms with E-state index >= 15 is 0 Å². The molecule has 3 heteroatoms. The number of aryl methyl sites for hydroxylation is 1. The van der Waals surface area contributed by atoms with Crippen LogP contribution in [0.3, 0.4) is 0 Å². The zero-order valence-electron chi connectivity index (χ0n) is 7.13. The first kappa shape index (κ1) is 11.8. The van der Waals surface area contributed by atoms with Crippen LogP contribution in [0.1, 0.15) is 15.9 Å². The molecule has 0 spiro atoms. The second-order valence-corrected chi connectivity index (χ2v) is 2.23. The van der Waals surface area contributed by atoms with Gasteiger partial charge in [-0.3, -0.25) is 0 Å². The molecule has 1 aromatic rings. The maximum absolute atomic E-state index is 11.0. The van der Waals surface area contributed by atoms with Gasteiger partial charge in [0.05, 0.1) is 7.11 Å². The van der Waals surface area contributed by atoms with Gasteiger partial charge >= 0.3 is 5.97 Å². The minimum atomic E-state index is -0.295. The fourth-order valence-electron chi connectivity index (χ4n) is 0.853. The maximum atomic E-state index is 11.0. The Bertz CT molecular complexity index is 271. The molecule has 0 aliphatic carbocycles. The number of hydrogen-bond donors (Lipinski definition) is 0. The van der Waals surface area contributed by atoms with Crippen LogP contribution in [0.5, 0.6) is 0 Å². The fraction of sp³-hybridized carbons (Fsp3) is 0.222. The molecule has 0 aromatic heterocycles. The van der Waals surface area contributed by atoms with Crippen LogP contribution in [0.15, 0.2) is 18.2 Å². The van der Waals surface area contributed by atoms with Gasteiger partial charge in [-0.1, -0.05) is 6.92 Å². The fourth-order valence-corrected chi connectivity index (χ4v) is 0.853. The van der Waals surface area contributed by atoms with Crippen LogP contribution in [0.4, 0.5) is 0 Å². The first-order chi connectivity index (χ1) is 5.25. The number of carbonyl (C=O) groups is 1. The van der Waals surface area contributed by atoms with Gasteiger partial charge in [0.1, 0.15) is 0 Å². The summed E-state index contributed by atoms with van der Waals surface area (Å²) in [4.78, 5) is 11.0. The van der Waals surface area contributed by atoms with Crippen molar-refractivity contribution in [2.24, 2.45) is 0 Å². The quantitative estimate of drug-likeness (QED) is 0.548. The van der Waals surface area contributed by atoms with Gasteiger partial charge in [0.15, 0.2) is 0 Å². The molecule has 0 N–H and O–H groups in total. The van der Waals surface area contributed by atoms with Crippen LogP contribution in [0, 0.1) is 13.0 Å². The molecule has 0 aliphatic rings. The van der Waals surface area contributed by atoms with E-state index in [1.807, 2.05) is 6.92 Å². The van der Waals surface area contributed by atoms with Crippen LogP contribution >= 0.6 is 0 Å². The van der Waals surface area contributed by atoms with Crippen LogP contribution in [-0.4, -0.2) is 13.1 Å². The van der Waals surface area contributed by atoms with Crippen molar-refractivity contribution >= 4 is 5.97 Å². The largest absolute Gasteiger partial charge is 0.467 e. The standard InChI is InChI=1S/C9H9O2.Y/c1-7-5-3-4-6-8(7)9(10)11-2;/h4-6H,1-2H3;/q-1;. The van der Waals surface area contributed by atoms with E-state index in [9.17, 15) is 4.79 Å². The third-order valence-electron chi connectivity index (χ3n) is 1.48. The van der Waals surface area contributed by atoms with E-state index in [1.54, 1.807) is 18.2 Å². The number of methoxy groups -OCH3 is 1. The van der Waals surface area contributed by atoms with Crippen molar-refractivity contribution in [3.63, 3.8) is 0 Å². The third-order valence-corrected chi connectivity index (χ3v) is 1.48. The van der Waals surface area contributed by atoms with Crippen molar-refractivity contribution in [3.05, 3.63) is 35.4 Å². The first-order valence-electron chi connectivity index (χ1n) is 3.30. The number of carbonyl (C=O) groups excluding carboxylic acids is 1. The summed E-state index contributed by atoms with van der Waals surface area (Å²) in [5.74, 6) is -0.295. The molecule has 1 rings (SSSR count). The summed E-state index contributed by atoms with van der Waals surface area (Å²) >= 11 is 0. The second kappa shape index (κ2) is 5.44. The van der Waals surface area contributed by atoms with Crippen LogP contribution in [0.25, 0.3) is 0 Å². The van der Waals surface area contributed by atoms with Crippen molar-refractivity contribution in [1.82, 2.24) is 0 Å². The first-order valence-corrected chi connectivity index (χ1v) is 3.30. The Morgan fingerprint density at radius 2 is 2.25 bits per heavy atom. The van der Waals surface area contributed by atoms with Crippen LogP contribution in [-0.2, 0) is 37.4 Å². The predicted octanol–water partition coefficient (Wildman–Crippen LogP) is 1.58. The van der Waals surface area contributed by atoms with Crippen molar-refractivity contribution in [2.45, 2.75) is 6.92 Å². The Hall–Kier alpha value is -0.206. The number of ether oxygens (including phenoxy) is 1. The second-order valence-electron chi connectivity index (χ2n) is 2.23. The molecule has 0 heterocycles. The molecule has 0 amide bonds. The molecule has 0 saturated carbocycles. The van der Waals surface area contributed by atoms with Gasteiger partial charge in [0, 0.05) is 32.7 Å². The van der Waals surface area contributed by atoms with Gasteiger partial charge in [-0.2, -0.15) is 24.3 Å². The summed E-state index contributed by atoms with van der Waals surface area (Å²) in [6, 6.07) is 8.02. The summed E-state index contributed by atoms with van der Waals surface area (Å²) < 4.78 is 4.56. The number of rotatable bonds is 1. The van der Waals surface area contributed by atoms with E-state index in [0.29, 0.717) is 5.56 Å². The summed E-state index contributed by atoms with van der Waals surface area (Å²) in [6.07, 6.45) is 0. The summed E-state index contributed by atoms with van der Waals surface area (Å²) in [6.45, 7) is 1.85. The summed E-state index contributed by atoms with van der Waals surface area (Å²) in [5.41, 5.74) is 1.49. The van der Waals surface area contributed by atoms with Gasteiger partial charge in [-0.25, -0.2) is 4.79 Å². The molecule has 1 radical (unpaired) electrons. The van der Waals surface area contributed by atoms with Crippen LogP contribution < -0.4 is 0 Å². The van der Waals surface area contributed by atoms with E-state index < -0.39 is 0 Å². The van der Waals surface area contributed by atoms with E-state index in [1.165, 1.54) is 7.11 Å². The summed E-state index contributed by atoms with van der Waals surface area (Å²) in [5, 5.41) is 0. The van der Waals surface area contributed by atoms with E-state index in [0.717, 1.165) is 5.56 Å². The Morgan fingerprint density at radius 1 is 1.58 bits per heavy atom. The minimum absolute atomic E-state index is 0. The zero-order valence-corrected chi connectivity index (χ0v) is 9.96. The smallest absolute Gasteiger partial charge is 0.313 e. The SMILES string of the molecule is COC(=O)c1cc[c-]cc1C.[Y].